The summed E-state index contributed by atoms with van der Waals surface area (Å²) in [6.45, 7) is 9.85. The van der Waals surface area contributed by atoms with Crippen LogP contribution in [0.5, 0.6) is 0 Å². The van der Waals surface area contributed by atoms with E-state index in [1.807, 2.05) is 0 Å². The van der Waals surface area contributed by atoms with E-state index in [0.29, 0.717) is 23.4 Å². The van der Waals surface area contributed by atoms with Crippen molar-refractivity contribution in [2.45, 2.75) is 46.8 Å². The van der Waals surface area contributed by atoms with Crippen LogP contribution in [0.4, 0.5) is 4.39 Å². The van der Waals surface area contributed by atoms with Gasteiger partial charge in [0, 0.05) is 24.7 Å². The van der Waals surface area contributed by atoms with Gasteiger partial charge in [-0.05, 0) is 37.5 Å². The zero-order valence-electron chi connectivity index (χ0n) is 16.7. The standard InChI is InChI=1S/C21H26FN3O2/c1-20(2,3)12-25-16-11-10-15(23-18(16)24(6)19(25)26)13-8-7-9-14(17(13)22)21(4,5)27/h7-11,27H,12H2,1-6H3. The molecule has 0 aliphatic heterocycles. The van der Waals surface area contributed by atoms with Crippen LogP contribution in [0.3, 0.4) is 0 Å². The van der Waals surface area contributed by atoms with Gasteiger partial charge in [-0.15, -0.1) is 0 Å². The molecule has 0 amide bonds. The summed E-state index contributed by atoms with van der Waals surface area (Å²) in [5.74, 6) is -0.504. The van der Waals surface area contributed by atoms with E-state index < -0.39 is 11.4 Å². The maximum absolute atomic E-state index is 15.0. The first kappa shape index (κ1) is 19.3. The second-order valence-electron chi connectivity index (χ2n) is 8.75. The molecule has 2 aromatic heterocycles. The first-order chi connectivity index (χ1) is 12.4. The van der Waals surface area contributed by atoms with Crippen LogP contribution in [0.1, 0.15) is 40.2 Å². The minimum Gasteiger partial charge on any atom is -0.386 e. The fraction of sp³-hybridized carbons (Fsp3) is 0.429. The Morgan fingerprint density at radius 1 is 1.11 bits per heavy atom. The van der Waals surface area contributed by atoms with E-state index in [4.69, 9.17) is 0 Å². The average Bonchev–Trinajstić information content (AvgIpc) is 2.77. The van der Waals surface area contributed by atoms with Gasteiger partial charge in [0.1, 0.15) is 5.82 Å². The highest BCUT2D eigenvalue weighted by molar-refractivity contribution is 5.76. The summed E-state index contributed by atoms with van der Waals surface area (Å²) in [4.78, 5) is 17.2. The van der Waals surface area contributed by atoms with E-state index in [9.17, 15) is 14.3 Å². The third-order valence-electron chi connectivity index (χ3n) is 4.55. The van der Waals surface area contributed by atoms with E-state index in [1.165, 1.54) is 4.57 Å². The summed E-state index contributed by atoms with van der Waals surface area (Å²) < 4.78 is 18.2. The van der Waals surface area contributed by atoms with E-state index >= 15 is 0 Å². The molecule has 6 heteroatoms. The maximum atomic E-state index is 15.0. The van der Waals surface area contributed by atoms with Crippen LogP contribution in [0.15, 0.2) is 35.1 Å². The predicted molar refractivity (Wildman–Crippen MR) is 105 cm³/mol. The van der Waals surface area contributed by atoms with Crippen molar-refractivity contribution >= 4 is 11.2 Å². The minimum atomic E-state index is -1.30. The zero-order valence-corrected chi connectivity index (χ0v) is 16.7. The van der Waals surface area contributed by atoms with Gasteiger partial charge in [-0.1, -0.05) is 32.9 Å². The van der Waals surface area contributed by atoms with Crippen LogP contribution in [0.25, 0.3) is 22.4 Å². The highest BCUT2D eigenvalue weighted by atomic mass is 19.1. The van der Waals surface area contributed by atoms with Crippen LogP contribution in [-0.2, 0) is 19.2 Å². The molecule has 0 aliphatic rings. The molecule has 144 valence electrons. The van der Waals surface area contributed by atoms with Gasteiger partial charge in [-0.25, -0.2) is 14.2 Å². The number of aromatic nitrogens is 3. The summed E-state index contributed by atoms with van der Waals surface area (Å²) >= 11 is 0. The summed E-state index contributed by atoms with van der Waals surface area (Å²) in [7, 11) is 1.67. The highest BCUT2D eigenvalue weighted by Crippen LogP contribution is 2.30. The van der Waals surface area contributed by atoms with Crippen molar-refractivity contribution in [2.24, 2.45) is 12.5 Å². The molecule has 27 heavy (non-hydrogen) atoms. The van der Waals surface area contributed by atoms with Gasteiger partial charge in [0.05, 0.1) is 16.8 Å². The van der Waals surface area contributed by atoms with Crippen molar-refractivity contribution in [3.05, 3.63) is 52.2 Å². The Bertz CT molecular complexity index is 1070. The molecular weight excluding hydrogens is 345 g/mol. The van der Waals surface area contributed by atoms with Crippen LogP contribution in [0, 0.1) is 11.2 Å². The van der Waals surface area contributed by atoms with Crippen molar-refractivity contribution in [1.29, 1.82) is 0 Å². The normalized spacial score (nSPS) is 12.7. The lowest BCUT2D eigenvalue weighted by atomic mass is 9.94. The van der Waals surface area contributed by atoms with Crippen molar-refractivity contribution in [3.8, 4) is 11.3 Å². The lowest BCUT2D eigenvalue weighted by Gasteiger charge is -2.20. The molecule has 1 aromatic carbocycles. The van der Waals surface area contributed by atoms with Crippen molar-refractivity contribution in [2.75, 3.05) is 0 Å². The molecule has 0 fully saturated rings. The Balaban J connectivity index is 2.20. The second-order valence-corrected chi connectivity index (χ2v) is 8.75. The third kappa shape index (κ3) is 3.54. The SMILES string of the molecule is Cn1c(=O)n(CC(C)(C)C)c2ccc(-c3cccc(C(C)(C)O)c3F)nc21. The Morgan fingerprint density at radius 2 is 1.78 bits per heavy atom. The molecule has 3 rings (SSSR count). The number of hydrogen-bond donors (Lipinski definition) is 1. The maximum Gasteiger partial charge on any atom is 0.330 e. The summed E-state index contributed by atoms with van der Waals surface area (Å²) in [6, 6.07) is 8.41. The van der Waals surface area contributed by atoms with E-state index in [-0.39, 0.29) is 16.7 Å². The van der Waals surface area contributed by atoms with Crippen LogP contribution in [0.2, 0.25) is 0 Å². The third-order valence-corrected chi connectivity index (χ3v) is 4.55. The van der Waals surface area contributed by atoms with Gasteiger partial charge in [-0.3, -0.25) is 9.13 Å². The number of aliphatic hydroxyl groups is 1. The lowest BCUT2D eigenvalue weighted by molar-refractivity contribution is 0.0746. The molecule has 0 atom stereocenters. The number of hydrogen-bond acceptors (Lipinski definition) is 3. The number of fused-ring (bicyclic) bond motifs is 1. The van der Waals surface area contributed by atoms with Crippen LogP contribution < -0.4 is 5.69 Å². The zero-order chi connectivity index (χ0) is 20.1. The van der Waals surface area contributed by atoms with Crippen LogP contribution >= 0.6 is 0 Å². The van der Waals surface area contributed by atoms with E-state index in [1.54, 1.807) is 55.8 Å². The fourth-order valence-corrected chi connectivity index (χ4v) is 3.25. The summed E-state index contributed by atoms with van der Waals surface area (Å²) in [5.41, 5.74) is 0.658. The number of pyridine rings is 1. The van der Waals surface area contributed by atoms with Gasteiger partial charge < -0.3 is 5.11 Å². The minimum absolute atomic E-state index is 0.0655. The van der Waals surface area contributed by atoms with Gasteiger partial charge in [0.25, 0.3) is 0 Å². The molecule has 0 spiro atoms. The van der Waals surface area contributed by atoms with E-state index in [0.717, 1.165) is 5.52 Å². The topological polar surface area (TPSA) is 60.0 Å². The number of aryl methyl sites for hydroxylation is 1. The average molecular weight is 371 g/mol. The molecule has 0 aliphatic carbocycles. The van der Waals surface area contributed by atoms with Gasteiger partial charge in [0.15, 0.2) is 5.65 Å². The molecule has 0 bridgehead atoms. The first-order valence-corrected chi connectivity index (χ1v) is 8.98. The molecule has 3 aromatic rings. The predicted octanol–water partition coefficient (Wildman–Crippen LogP) is 3.81. The number of benzene rings is 1. The molecule has 0 unspecified atom stereocenters. The molecule has 1 N–H and O–H groups in total. The lowest BCUT2D eigenvalue weighted by Crippen LogP contribution is -2.27. The monoisotopic (exact) mass is 371 g/mol. The Labute approximate surface area is 158 Å². The molecular formula is C21H26FN3O2. The first-order valence-electron chi connectivity index (χ1n) is 8.98. The molecule has 0 saturated carbocycles. The Morgan fingerprint density at radius 3 is 2.37 bits per heavy atom. The van der Waals surface area contributed by atoms with Crippen LogP contribution in [-0.4, -0.2) is 19.2 Å². The molecule has 0 saturated heterocycles. The Hall–Kier alpha value is -2.47. The second kappa shape index (κ2) is 6.30. The van der Waals surface area contributed by atoms with Crippen molar-refractivity contribution in [3.63, 3.8) is 0 Å². The van der Waals surface area contributed by atoms with Gasteiger partial charge in [0.2, 0.25) is 0 Å². The van der Waals surface area contributed by atoms with E-state index in [2.05, 4.69) is 25.8 Å². The molecule has 0 radical (unpaired) electrons. The van der Waals surface area contributed by atoms with Crippen molar-refractivity contribution < 1.29 is 9.50 Å². The Kier molecular flexibility index (Phi) is 4.50. The smallest absolute Gasteiger partial charge is 0.330 e. The number of nitrogens with zero attached hydrogens (tertiary/aromatic N) is 3. The summed E-state index contributed by atoms with van der Waals surface area (Å²) in [5, 5.41) is 10.2. The molecule has 5 nitrogen and oxygen atoms in total. The van der Waals surface area contributed by atoms with Gasteiger partial charge in [-0.2, -0.15) is 0 Å². The fourth-order valence-electron chi connectivity index (χ4n) is 3.25. The number of imidazole rings is 1. The largest absolute Gasteiger partial charge is 0.386 e. The van der Waals surface area contributed by atoms with Gasteiger partial charge >= 0.3 is 5.69 Å². The number of rotatable bonds is 3. The van der Waals surface area contributed by atoms with Crippen molar-refractivity contribution in [1.82, 2.24) is 14.1 Å². The number of halogens is 1. The highest BCUT2D eigenvalue weighted by Gasteiger charge is 2.24. The quantitative estimate of drug-likeness (QED) is 0.761. The summed E-state index contributed by atoms with van der Waals surface area (Å²) in [6.07, 6.45) is 0. The molecule has 2 heterocycles.